The molecule has 0 spiro atoms. The number of hydrogen-bond acceptors (Lipinski definition) is 9. The fourth-order valence-corrected chi connectivity index (χ4v) is 5.42. The van der Waals surface area contributed by atoms with Gasteiger partial charge in [-0.25, -0.2) is 9.78 Å². The SMILES string of the molecule is CC[C@@]1(O)C(=O)OCc2c1cc1n(c2=O)Cc2c-1nc1cc3c(cc1c2CNC(=O)COC(C)(C)C)OCCO3. The number of esters is 1. The fourth-order valence-electron chi connectivity index (χ4n) is 5.42. The van der Waals surface area contributed by atoms with Gasteiger partial charge in [-0.05, 0) is 44.9 Å². The number of nitrogens with zero attached hydrogens (tertiary/aromatic N) is 2. The van der Waals surface area contributed by atoms with Crippen molar-refractivity contribution in [3.05, 3.63) is 50.8 Å². The van der Waals surface area contributed by atoms with Crippen molar-refractivity contribution in [3.63, 3.8) is 0 Å². The van der Waals surface area contributed by atoms with Crippen LogP contribution in [0.2, 0.25) is 0 Å². The second kappa shape index (κ2) is 9.31. The number of amides is 1. The highest BCUT2D eigenvalue weighted by molar-refractivity contribution is 5.91. The Hall–Kier alpha value is -3.96. The summed E-state index contributed by atoms with van der Waals surface area (Å²) in [4.78, 5) is 43.8. The molecule has 11 heteroatoms. The molecule has 0 radical (unpaired) electrons. The van der Waals surface area contributed by atoms with E-state index in [1.807, 2.05) is 26.8 Å². The van der Waals surface area contributed by atoms with E-state index >= 15 is 0 Å². The Morgan fingerprint density at radius 1 is 1.12 bits per heavy atom. The summed E-state index contributed by atoms with van der Waals surface area (Å²) in [5.74, 6) is 0.0823. The van der Waals surface area contributed by atoms with Crippen molar-refractivity contribution < 1.29 is 33.6 Å². The zero-order valence-electron chi connectivity index (χ0n) is 22.9. The van der Waals surface area contributed by atoms with Crippen LogP contribution in [0.4, 0.5) is 0 Å². The van der Waals surface area contributed by atoms with Crippen LogP contribution in [0.15, 0.2) is 23.0 Å². The van der Waals surface area contributed by atoms with Crippen LogP contribution in [0.5, 0.6) is 11.5 Å². The molecule has 0 aliphatic carbocycles. The molecule has 0 unspecified atom stereocenters. The molecule has 5 heterocycles. The van der Waals surface area contributed by atoms with Crippen LogP contribution < -0.4 is 20.3 Å². The Bertz CT molecular complexity index is 1640. The molecule has 0 fully saturated rings. The van der Waals surface area contributed by atoms with E-state index in [2.05, 4.69) is 5.32 Å². The van der Waals surface area contributed by atoms with E-state index in [1.165, 1.54) is 0 Å². The number of aliphatic hydroxyl groups is 1. The molecule has 3 aliphatic rings. The first-order chi connectivity index (χ1) is 19.0. The molecule has 6 rings (SSSR count). The molecule has 2 N–H and O–H groups in total. The number of aromatic nitrogens is 2. The molecule has 1 aromatic carbocycles. The molecule has 3 aliphatic heterocycles. The van der Waals surface area contributed by atoms with Crippen LogP contribution in [0.25, 0.3) is 22.3 Å². The average Bonchev–Trinajstić information content (AvgIpc) is 3.29. The normalized spacial score (nSPS) is 19.1. The highest BCUT2D eigenvalue weighted by Gasteiger charge is 2.45. The van der Waals surface area contributed by atoms with Crippen molar-refractivity contribution in [2.75, 3.05) is 19.8 Å². The average molecular weight is 550 g/mol. The zero-order chi connectivity index (χ0) is 28.4. The topological polar surface area (TPSA) is 138 Å². The molecule has 11 nitrogen and oxygen atoms in total. The predicted octanol–water partition coefficient (Wildman–Crippen LogP) is 2.28. The lowest BCUT2D eigenvalue weighted by Gasteiger charge is -2.31. The van der Waals surface area contributed by atoms with Crippen molar-refractivity contribution in [2.45, 2.75) is 65.0 Å². The first-order valence-electron chi connectivity index (χ1n) is 13.3. The monoisotopic (exact) mass is 549 g/mol. The third kappa shape index (κ3) is 4.20. The van der Waals surface area contributed by atoms with E-state index in [9.17, 15) is 19.5 Å². The highest BCUT2D eigenvalue weighted by Crippen LogP contribution is 2.42. The van der Waals surface area contributed by atoms with Gasteiger partial charge < -0.3 is 33.9 Å². The third-order valence-electron chi connectivity index (χ3n) is 7.57. The summed E-state index contributed by atoms with van der Waals surface area (Å²) in [6, 6.07) is 5.31. The van der Waals surface area contributed by atoms with Crippen LogP contribution in [0.1, 0.15) is 56.4 Å². The summed E-state index contributed by atoms with van der Waals surface area (Å²) >= 11 is 0. The molecular formula is C29H31N3O8. The van der Waals surface area contributed by atoms with E-state index in [0.717, 1.165) is 16.5 Å². The van der Waals surface area contributed by atoms with Crippen LogP contribution in [-0.2, 0) is 44.4 Å². The predicted molar refractivity (Wildman–Crippen MR) is 143 cm³/mol. The van der Waals surface area contributed by atoms with Gasteiger partial charge in [-0.3, -0.25) is 9.59 Å². The Balaban J connectivity index is 1.50. The summed E-state index contributed by atoms with van der Waals surface area (Å²) in [7, 11) is 0. The van der Waals surface area contributed by atoms with Gasteiger partial charge in [0.25, 0.3) is 5.56 Å². The van der Waals surface area contributed by atoms with Gasteiger partial charge in [-0.2, -0.15) is 0 Å². The maximum Gasteiger partial charge on any atom is 0.343 e. The van der Waals surface area contributed by atoms with E-state index in [-0.39, 0.29) is 55.3 Å². The van der Waals surface area contributed by atoms with Gasteiger partial charge >= 0.3 is 5.97 Å². The van der Waals surface area contributed by atoms with Gasteiger partial charge in [0.05, 0.1) is 34.6 Å². The van der Waals surface area contributed by atoms with E-state index in [0.29, 0.717) is 41.6 Å². The van der Waals surface area contributed by atoms with Gasteiger partial charge in [0.1, 0.15) is 26.4 Å². The minimum Gasteiger partial charge on any atom is -0.486 e. The van der Waals surface area contributed by atoms with Crippen molar-refractivity contribution in [1.29, 1.82) is 0 Å². The third-order valence-corrected chi connectivity index (χ3v) is 7.57. The fraction of sp³-hybridized carbons (Fsp3) is 0.448. The van der Waals surface area contributed by atoms with Crippen LogP contribution in [0, 0.1) is 0 Å². The largest absolute Gasteiger partial charge is 0.486 e. The highest BCUT2D eigenvalue weighted by atomic mass is 16.6. The lowest BCUT2D eigenvalue weighted by Crippen LogP contribution is -2.44. The number of ether oxygens (including phenoxy) is 4. The Morgan fingerprint density at radius 2 is 1.85 bits per heavy atom. The number of rotatable bonds is 5. The molecule has 1 atom stereocenters. The Morgan fingerprint density at radius 3 is 2.55 bits per heavy atom. The number of fused-ring (bicyclic) bond motifs is 6. The first-order valence-corrected chi connectivity index (χ1v) is 13.3. The zero-order valence-corrected chi connectivity index (χ0v) is 22.9. The molecule has 0 saturated heterocycles. The number of benzene rings is 1. The van der Waals surface area contributed by atoms with E-state index < -0.39 is 17.2 Å². The second-order valence-electron chi connectivity index (χ2n) is 11.2. The second-order valence-corrected chi connectivity index (χ2v) is 11.2. The molecule has 0 bridgehead atoms. The molecule has 40 heavy (non-hydrogen) atoms. The maximum absolute atomic E-state index is 13.6. The van der Waals surface area contributed by atoms with Gasteiger partial charge in [0.2, 0.25) is 5.91 Å². The van der Waals surface area contributed by atoms with Crippen molar-refractivity contribution >= 4 is 22.8 Å². The first kappa shape index (κ1) is 26.3. The van der Waals surface area contributed by atoms with E-state index in [4.69, 9.17) is 23.9 Å². The quantitative estimate of drug-likeness (QED) is 0.359. The number of hydrogen-bond donors (Lipinski definition) is 2. The Kier molecular flexibility index (Phi) is 6.11. The Labute approximate surface area is 230 Å². The standard InChI is InChI=1S/C29H31N3O8/c1-5-29(36)19-9-21-25-17(12-32(21)26(34)18(19)13-39-27(29)35)16(11-30-24(33)14-40-28(2,3)4)15-8-22-23(10-20(15)31-25)38-7-6-37-22/h8-10,36H,5-7,11-14H2,1-4H3,(H,30,33)/t29-/m0/s1. The van der Waals surface area contributed by atoms with Gasteiger partial charge in [-0.15, -0.1) is 0 Å². The molecule has 2 aromatic heterocycles. The van der Waals surface area contributed by atoms with Crippen LogP contribution in [-0.4, -0.2) is 52.0 Å². The minimum atomic E-state index is -1.92. The number of nitrogens with one attached hydrogen (secondary N) is 1. The van der Waals surface area contributed by atoms with Crippen LogP contribution in [0.3, 0.4) is 0 Å². The van der Waals surface area contributed by atoms with Crippen molar-refractivity contribution in [2.24, 2.45) is 0 Å². The summed E-state index contributed by atoms with van der Waals surface area (Å²) < 4.78 is 24.0. The number of cyclic esters (lactones) is 1. The molecule has 210 valence electrons. The van der Waals surface area contributed by atoms with E-state index in [1.54, 1.807) is 23.6 Å². The molecule has 1 amide bonds. The van der Waals surface area contributed by atoms with Gasteiger partial charge in [-0.1, -0.05) is 6.92 Å². The van der Waals surface area contributed by atoms with Gasteiger partial charge in [0.15, 0.2) is 17.1 Å². The smallest absolute Gasteiger partial charge is 0.343 e. The number of carbonyl (C=O) groups excluding carboxylic acids is 2. The lowest BCUT2D eigenvalue weighted by atomic mass is 9.86. The van der Waals surface area contributed by atoms with Gasteiger partial charge in [0, 0.05) is 29.1 Å². The summed E-state index contributed by atoms with van der Waals surface area (Å²) in [6.07, 6.45) is 0.0527. The maximum atomic E-state index is 13.6. The molecule has 3 aromatic rings. The summed E-state index contributed by atoms with van der Waals surface area (Å²) in [5, 5.41) is 14.9. The lowest BCUT2D eigenvalue weighted by molar-refractivity contribution is -0.172. The summed E-state index contributed by atoms with van der Waals surface area (Å²) in [6.45, 7) is 8.18. The molecular weight excluding hydrogens is 518 g/mol. The minimum absolute atomic E-state index is 0.0527. The summed E-state index contributed by atoms with van der Waals surface area (Å²) in [5.41, 5.74) is 0.910. The van der Waals surface area contributed by atoms with Crippen molar-refractivity contribution in [1.82, 2.24) is 14.9 Å². The number of carbonyl (C=O) groups is 2. The van der Waals surface area contributed by atoms with Crippen molar-refractivity contribution in [3.8, 4) is 22.9 Å². The van der Waals surface area contributed by atoms with Crippen LogP contribution >= 0.6 is 0 Å². The number of pyridine rings is 2. The molecule has 0 saturated carbocycles.